The number of hydrogen-bond donors (Lipinski definition) is 3. The number of ether oxygens (including phenoxy) is 1. The first-order chi connectivity index (χ1) is 15.2. The van der Waals surface area contributed by atoms with Crippen molar-refractivity contribution in [3.05, 3.63) is 64.1 Å². The fraction of sp³-hybridized carbons (Fsp3) is 0.318. The molecular weight excluding hydrogens is 418 g/mol. The van der Waals surface area contributed by atoms with E-state index in [0.717, 1.165) is 11.6 Å². The smallest absolute Gasteiger partial charge is 0.305 e. The maximum Gasteiger partial charge on any atom is 0.305 e. The van der Waals surface area contributed by atoms with Crippen LogP contribution in [0.15, 0.2) is 47.4 Å². The van der Waals surface area contributed by atoms with E-state index in [2.05, 4.69) is 15.4 Å². The number of benzene rings is 1. The van der Waals surface area contributed by atoms with Gasteiger partial charge in [-0.25, -0.2) is 0 Å². The summed E-state index contributed by atoms with van der Waals surface area (Å²) in [5, 5.41) is 15.0. The van der Waals surface area contributed by atoms with Crippen LogP contribution >= 0.6 is 0 Å². The Balaban J connectivity index is 2.14. The number of hydrogen-bond acceptors (Lipinski definition) is 7. The minimum absolute atomic E-state index is 0.0946. The minimum atomic E-state index is -1.09. The fourth-order valence-electron chi connectivity index (χ4n) is 2.91. The molecule has 0 bridgehead atoms. The lowest BCUT2D eigenvalue weighted by atomic mass is 10.0. The standard InChI is InChI=1S/C22H25N3O7/c1-25-11-10-17(27)20(29)19(25)22(31)24-16(12-14-6-4-3-5-7-14)21(30)23-13-15(26)8-9-18(28)32-2/h3-7,10-11,16,29H,8-9,12-13H2,1-2H3,(H,23,30)(H,24,31)/t16-/m0/s1. The topological polar surface area (TPSA) is 144 Å². The number of aryl methyl sites for hydroxylation is 1. The second-order valence-corrected chi connectivity index (χ2v) is 7.04. The van der Waals surface area contributed by atoms with Crippen LogP contribution in [0.4, 0.5) is 0 Å². The second kappa shape index (κ2) is 11.4. The Labute approximate surface area is 184 Å². The van der Waals surface area contributed by atoms with Crippen molar-refractivity contribution < 1.29 is 29.0 Å². The molecule has 0 aliphatic carbocycles. The third-order valence-corrected chi connectivity index (χ3v) is 4.67. The molecule has 0 aliphatic rings. The summed E-state index contributed by atoms with van der Waals surface area (Å²) in [5.74, 6) is -3.10. The average molecular weight is 443 g/mol. The summed E-state index contributed by atoms with van der Waals surface area (Å²) < 4.78 is 5.74. The molecular formula is C22H25N3O7. The van der Waals surface area contributed by atoms with Crippen LogP contribution in [0.5, 0.6) is 5.75 Å². The normalized spacial score (nSPS) is 11.3. The molecule has 0 saturated carbocycles. The van der Waals surface area contributed by atoms with Crippen molar-refractivity contribution in [2.24, 2.45) is 7.05 Å². The van der Waals surface area contributed by atoms with Gasteiger partial charge in [0.1, 0.15) is 6.04 Å². The van der Waals surface area contributed by atoms with E-state index in [1.54, 1.807) is 30.3 Å². The zero-order chi connectivity index (χ0) is 23.7. The summed E-state index contributed by atoms with van der Waals surface area (Å²) in [7, 11) is 2.69. The molecule has 1 aromatic carbocycles. The minimum Gasteiger partial charge on any atom is -0.503 e. The quantitative estimate of drug-likeness (QED) is 0.441. The number of Topliss-reactive ketones (excluding diaryl/α,β-unsaturated/α-hetero) is 1. The van der Waals surface area contributed by atoms with E-state index in [1.165, 1.54) is 24.9 Å². The number of nitrogens with zero attached hydrogens (tertiary/aromatic N) is 1. The SMILES string of the molecule is COC(=O)CCC(=O)CNC(=O)[C@H](Cc1ccccc1)NC(=O)c1c(O)c(=O)ccn1C. The Morgan fingerprint density at radius 1 is 1.09 bits per heavy atom. The molecule has 1 aromatic heterocycles. The van der Waals surface area contributed by atoms with Gasteiger partial charge in [-0.15, -0.1) is 0 Å². The van der Waals surface area contributed by atoms with Crippen LogP contribution < -0.4 is 16.1 Å². The predicted molar refractivity (Wildman–Crippen MR) is 114 cm³/mol. The number of esters is 1. The number of aromatic nitrogens is 1. The fourth-order valence-corrected chi connectivity index (χ4v) is 2.91. The van der Waals surface area contributed by atoms with Gasteiger partial charge in [0.05, 0.1) is 20.1 Å². The zero-order valence-corrected chi connectivity index (χ0v) is 17.8. The first-order valence-corrected chi connectivity index (χ1v) is 9.82. The molecule has 0 spiro atoms. The second-order valence-electron chi connectivity index (χ2n) is 7.04. The first-order valence-electron chi connectivity index (χ1n) is 9.82. The monoisotopic (exact) mass is 443 g/mol. The van der Waals surface area contributed by atoms with Crippen molar-refractivity contribution >= 4 is 23.6 Å². The van der Waals surface area contributed by atoms with E-state index in [-0.39, 0.29) is 37.3 Å². The Bertz CT molecular complexity index is 1050. The molecule has 3 N–H and O–H groups in total. The lowest BCUT2D eigenvalue weighted by Crippen LogP contribution is -2.49. The van der Waals surface area contributed by atoms with Gasteiger partial charge in [-0.3, -0.25) is 24.0 Å². The molecule has 0 aliphatic heterocycles. The van der Waals surface area contributed by atoms with Crippen molar-refractivity contribution in [1.82, 2.24) is 15.2 Å². The maximum atomic E-state index is 12.8. The molecule has 2 amide bonds. The van der Waals surface area contributed by atoms with Gasteiger partial charge >= 0.3 is 5.97 Å². The first kappa shape index (κ1) is 24.3. The third-order valence-electron chi connectivity index (χ3n) is 4.67. The van der Waals surface area contributed by atoms with E-state index in [0.29, 0.717) is 0 Å². The van der Waals surface area contributed by atoms with Crippen LogP contribution in [-0.2, 0) is 32.6 Å². The lowest BCUT2D eigenvalue weighted by Gasteiger charge is -2.19. The molecule has 0 saturated heterocycles. The summed E-state index contributed by atoms with van der Waals surface area (Å²) in [5.41, 5.74) is -0.276. The van der Waals surface area contributed by atoms with E-state index in [4.69, 9.17) is 0 Å². The van der Waals surface area contributed by atoms with Crippen molar-refractivity contribution in [2.45, 2.75) is 25.3 Å². The summed E-state index contributed by atoms with van der Waals surface area (Å²) in [6.45, 7) is -0.327. The highest BCUT2D eigenvalue weighted by Crippen LogP contribution is 2.11. The Kier molecular flexibility index (Phi) is 8.70. The van der Waals surface area contributed by atoms with Gasteiger partial charge in [0.25, 0.3) is 5.91 Å². The third kappa shape index (κ3) is 6.79. The van der Waals surface area contributed by atoms with Gasteiger partial charge in [0.2, 0.25) is 11.3 Å². The molecule has 10 heteroatoms. The van der Waals surface area contributed by atoms with Crippen LogP contribution in [0, 0.1) is 0 Å². The average Bonchev–Trinajstić information content (AvgIpc) is 2.78. The Hall–Kier alpha value is -3.95. The summed E-state index contributed by atoms with van der Waals surface area (Å²) in [6.07, 6.45) is 1.24. The van der Waals surface area contributed by atoms with Crippen LogP contribution in [-0.4, -0.2) is 52.9 Å². The molecule has 1 heterocycles. The molecule has 0 unspecified atom stereocenters. The molecule has 32 heavy (non-hydrogen) atoms. The van der Waals surface area contributed by atoms with Crippen LogP contribution in [0.2, 0.25) is 0 Å². The Morgan fingerprint density at radius 3 is 2.44 bits per heavy atom. The van der Waals surface area contributed by atoms with Gasteiger partial charge in [0.15, 0.2) is 17.2 Å². The van der Waals surface area contributed by atoms with Gasteiger partial charge in [0, 0.05) is 32.2 Å². The van der Waals surface area contributed by atoms with E-state index in [1.807, 2.05) is 0 Å². The van der Waals surface area contributed by atoms with E-state index >= 15 is 0 Å². The number of nitrogens with one attached hydrogen (secondary N) is 2. The molecule has 2 rings (SSSR count). The number of methoxy groups -OCH3 is 1. The van der Waals surface area contributed by atoms with E-state index in [9.17, 15) is 29.1 Å². The number of pyridine rings is 1. The highest BCUT2D eigenvalue weighted by Gasteiger charge is 2.25. The van der Waals surface area contributed by atoms with Gasteiger partial charge < -0.3 is 25.0 Å². The van der Waals surface area contributed by atoms with Gasteiger partial charge in [-0.05, 0) is 5.56 Å². The summed E-state index contributed by atoms with van der Waals surface area (Å²) in [4.78, 5) is 60.3. The summed E-state index contributed by atoms with van der Waals surface area (Å²) >= 11 is 0. The zero-order valence-electron chi connectivity index (χ0n) is 17.8. The van der Waals surface area contributed by atoms with Crippen LogP contribution in [0.25, 0.3) is 0 Å². The van der Waals surface area contributed by atoms with Crippen LogP contribution in [0.1, 0.15) is 28.9 Å². The summed E-state index contributed by atoms with van der Waals surface area (Å²) in [6, 6.07) is 8.90. The number of carbonyl (C=O) groups is 4. The van der Waals surface area contributed by atoms with Crippen molar-refractivity contribution in [3.63, 3.8) is 0 Å². The number of rotatable bonds is 10. The number of carbonyl (C=O) groups excluding carboxylic acids is 4. The number of amides is 2. The lowest BCUT2D eigenvalue weighted by molar-refractivity contribution is -0.141. The highest BCUT2D eigenvalue weighted by atomic mass is 16.5. The largest absolute Gasteiger partial charge is 0.503 e. The van der Waals surface area contributed by atoms with Crippen molar-refractivity contribution in [3.8, 4) is 5.75 Å². The highest BCUT2D eigenvalue weighted by molar-refractivity contribution is 5.99. The maximum absolute atomic E-state index is 12.8. The van der Waals surface area contributed by atoms with Gasteiger partial charge in [-0.1, -0.05) is 30.3 Å². The molecule has 1 atom stereocenters. The molecule has 10 nitrogen and oxygen atoms in total. The Morgan fingerprint density at radius 2 is 1.78 bits per heavy atom. The van der Waals surface area contributed by atoms with Crippen molar-refractivity contribution in [2.75, 3.05) is 13.7 Å². The molecule has 2 aromatic rings. The predicted octanol–water partition coefficient (Wildman–Crippen LogP) is 0.0705. The van der Waals surface area contributed by atoms with Crippen LogP contribution in [0.3, 0.4) is 0 Å². The molecule has 170 valence electrons. The van der Waals surface area contributed by atoms with Crippen molar-refractivity contribution in [1.29, 1.82) is 0 Å². The molecule has 0 fully saturated rings. The number of aromatic hydroxyl groups is 1. The number of ketones is 1. The van der Waals surface area contributed by atoms with Gasteiger partial charge in [-0.2, -0.15) is 0 Å². The van der Waals surface area contributed by atoms with E-state index < -0.39 is 35.0 Å². The molecule has 0 radical (unpaired) electrons.